The molecule has 0 bridgehead atoms. The summed E-state index contributed by atoms with van der Waals surface area (Å²) in [5.74, 6) is 0. The molecule has 0 radical (unpaired) electrons. The average molecular weight is 437 g/mol. The van der Waals surface area contributed by atoms with Crippen LogP contribution in [0, 0.1) is 0 Å². The molecule has 0 aromatic heterocycles. The molecule has 0 aliphatic rings. The molecule has 0 aromatic rings. The molecule has 24 valence electrons. The summed E-state index contributed by atoms with van der Waals surface area (Å²) in [5, 5.41) is 0. The van der Waals surface area contributed by atoms with Gasteiger partial charge in [-0.25, -0.2) is 0 Å². The van der Waals surface area contributed by atoms with Gasteiger partial charge in [-0.15, -0.1) is 0 Å². The van der Waals surface area contributed by atoms with Crippen LogP contribution in [0.15, 0.2) is 0 Å². The zero-order chi connectivity index (χ0) is 0. The van der Waals surface area contributed by atoms with E-state index in [1.54, 1.807) is 0 Å². The summed E-state index contributed by atoms with van der Waals surface area (Å²) in [4.78, 5) is 0. The first kappa shape index (κ1) is 39.5. The van der Waals surface area contributed by atoms with Crippen LogP contribution in [0.25, 0.3) is 0 Å². The van der Waals surface area contributed by atoms with Crippen molar-refractivity contribution in [3.63, 3.8) is 0 Å². The van der Waals surface area contributed by atoms with Crippen molar-refractivity contribution < 1.29 is 0 Å². The monoisotopic (exact) mass is 444 g/mol. The van der Waals surface area contributed by atoms with Crippen LogP contribution < -0.4 is 0 Å². The van der Waals surface area contributed by atoms with Crippen LogP contribution in [-0.2, 0) is 0 Å². The van der Waals surface area contributed by atoms with Crippen LogP contribution in [-0.4, -0.2) is 106 Å². The Morgan fingerprint density at radius 3 is 0.400 bits per heavy atom. The Balaban J connectivity index is 0. The van der Waals surface area contributed by atoms with E-state index in [4.69, 9.17) is 0 Å². The summed E-state index contributed by atoms with van der Waals surface area (Å²) >= 11 is 0. The second-order valence-electron chi connectivity index (χ2n) is 0. The molecule has 0 saturated carbocycles. The van der Waals surface area contributed by atoms with E-state index in [2.05, 4.69) is 0 Å². The van der Waals surface area contributed by atoms with Gasteiger partial charge in [-0.2, -0.15) is 0 Å². The van der Waals surface area contributed by atoms with Crippen molar-refractivity contribution in [1.29, 1.82) is 0 Å². The van der Waals surface area contributed by atoms with Gasteiger partial charge in [0.1, 0.15) is 0 Å². The third-order valence-corrected chi connectivity index (χ3v) is 0. The fraction of sp³-hybridized carbons (Fsp3) is 0. The van der Waals surface area contributed by atoms with Gasteiger partial charge in [0.2, 0.25) is 0 Å². The van der Waals surface area contributed by atoms with Crippen molar-refractivity contribution in [1.82, 2.24) is 0 Å². The van der Waals surface area contributed by atoms with E-state index in [1.807, 2.05) is 0 Å². The van der Waals surface area contributed by atoms with Gasteiger partial charge >= 0.3 is 34.7 Å². The molecule has 0 aliphatic carbocycles. The van der Waals surface area contributed by atoms with E-state index in [0.29, 0.717) is 0 Å². The first-order chi connectivity index (χ1) is 0. The van der Waals surface area contributed by atoms with Crippen LogP contribution >= 0.6 is 0 Å². The molecule has 0 unspecified atom stereocenters. The van der Waals surface area contributed by atoms with Crippen LogP contribution in [0.1, 0.15) is 0 Å². The second kappa shape index (κ2) is 26.1. The maximum absolute atomic E-state index is 0. The molecule has 0 spiro atoms. The minimum atomic E-state index is 0. The molecule has 0 nitrogen and oxygen atoms in total. The van der Waals surface area contributed by atoms with Gasteiger partial charge in [-0.05, 0) is 0 Å². The minimum absolute atomic E-state index is 0. The summed E-state index contributed by atoms with van der Waals surface area (Å²) < 4.78 is 0. The van der Waals surface area contributed by atoms with E-state index >= 15 is 0 Å². The smallest absolute Gasteiger partial charge is 2.00 e. The van der Waals surface area contributed by atoms with Gasteiger partial charge in [0.15, 0.2) is 0 Å². The van der Waals surface area contributed by atoms with Gasteiger partial charge < -0.3 is 71.0 Å². The average Bonchev–Trinajstić information content (AvgIpc) is 0. The zero-order valence-corrected chi connectivity index (χ0v) is 11.7. The summed E-state index contributed by atoms with van der Waals surface area (Å²) in [7, 11) is 0. The first-order valence-corrected chi connectivity index (χ1v) is 0. The summed E-state index contributed by atoms with van der Waals surface area (Å²) in [6.07, 6.45) is 0. The summed E-state index contributed by atoms with van der Waals surface area (Å²) in [6, 6.07) is 0. The Morgan fingerprint density at radius 1 is 0.400 bits per heavy atom. The van der Waals surface area contributed by atoms with Crippen LogP contribution in [0.4, 0.5) is 0 Å². The third kappa shape index (κ3) is 18.6. The molecule has 5 heteroatoms. The molecule has 0 fully saturated rings. The minimum Gasteiger partial charge on any atom is -2.00 e. The molecular weight excluding hydrogens is 437 g/mol. The molecular formula is Al2Te3. The van der Waals surface area contributed by atoms with Crippen LogP contribution in [0.3, 0.4) is 0 Å². The molecule has 0 aromatic carbocycles. The predicted octanol–water partition coefficient (Wildman–Crippen LogP) is -1.90. The fourth-order valence-electron chi connectivity index (χ4n) is 0. The molecule has 5 heavy (non-hydrogen) atoms. The van der Waals surface area contributed by atoms with Gasteiger partial charge in [0.05, 0.1) is 0 Å². The Labute approximate surface area is 104 Å². The Bertz CT molecular complexity index is 4.85. The van der Waals surface area contributed by atoms with Crippen molar-refractivity contribution in [2.75, 3.05) is 0 Å². The van der Waals surface area contributed by atoms with Gasteiger partial charge in [-0.3, -0.25) is 0 Å². The zero-order valence-electron chi connectivity index (χ0n) is 2.38. The van der Waals surface area contributed by atoms with Crippen molar-refractivity contribution >= 4 is 106 Å². The fourth-order valence-corrected chi connectivity index (χ4v) is 0. The number of hydrogen-bond acceptors (Lipinski definition) is 0. The van der Waals surface area contributed by atoms with Gasteiger partial charge in [0, 0.05) is 0 Å². The number of hydrogen-bond donors (Lipinski definition) is 0. The van der Waals surface area contributed by atoms with Crippen molar-refractivity contribution in [2.45, 2.75) is 0 Å². The molecule has 0 heterocycles. The van der Waals surface area contributed by atoms with E-state index in [9.17, 15) is 0 Å². The predicted molar refractivity (Wildman–Crippen MR) is 28.8 cm³/mol. The molecule has 0 amide bonds. The first-order valence-electron chi connectivity index (χ1n) is 0. The standard InChI is InChI=1S/2Al.3Te/q2*+3;3*-2. The summed E-state index contributed by atoms with van der Waals surface area (Å²) in [6.45, 7) is 0. The maximum atomic E-state index is 0. The van der Waals surface area contributed by atoms with Crippen LogP contribution in [0.2, 0.25) is 0 Å². The number of rotatable bonds is 0. The van der Waals surface area contributed by atoms with Crippen molar-refractivity contribution in [3.8, 4) is 0 Å². The maximum Gasteiger partial charge on any atom is 3.00 e. The van der Waals surface area contributed by atoms with Crippen molar-refractivity contribution in [3.05, 3.63) is 0 Å². The van der Waals surface area contributed by atoms with E-state index in [1.165, 1.54) is 0 Å². The second-order valence-corrected chi connectivity index (χ2v) is 0. The van der Waals surface area contributed by atoms with Crippen LogP contribution in [0.5, 0.6) is 0 Å². The van der Waals surface area contributed by atoms with Gasteiger partial charge in [-0.1, -0.05) is 0 Å². The van der Waals surface area contributed by atoms with E-state index in [0.717, 1.165) is 0 Å². The third-order valence-electron chi connectivity index (χ3n) is 0. The quantitative estimate of drug-likeness (QED) is 0.389. The SMILES string of the molecule is [Al+3].[Al+3].[Te-2].[Te-2].[Te-2]. The van der Waals surface area contributed by atoms with E-state index < -0.39 is 0 Å². The molecule has 0 atom stereocenters. The largest absolute Gasteiger partial charge is 3.00 e. The normalized spacial score (nSPS) is 0. The molecule has 0 saturated heterocycles. The van der Waals surface area contributed by atoms with E-state index in [-0.39, 0.29) is 106 Å². The Morgan fingerprint density at radius 2 is 0.400 bits per heavy atom. The topological polar surface area (TPSA) is 0 Å². The molecule has 0 rings (SSSR count). The van der Waals surface area contributed by atoms with Crippen molar-refractivity contribution in [2.24, 2.45) is 0 Å². The Kier molecular flexibility index (Phi) is 206. The Hall–Kier alpha value is 3.43. The molecule has 0 N–H and O–H groups in total. The molecule has 0 aliphatic heterocycles. The van der Waals surface area contributed by atoms with Gasteiger partial charge in [0.25, 0.3) is 0 Å². The summed E-state index contributed by atoms with van der Waals surface area (Å²) in [5.41, 5.74) is 0.